The second kappa shape index (κ2) is 8.25. The number of hydrogen-bond donors (Lipinski definition) is 1. The van der Waals surface area contributed by atoms with E-state index in [1.165, 1.54) is 11.1 Å². The number of nitrogens with two attached hydrogens (primary N) is 1. The van der Waals surface area contributed by atoms with Crippen molar-refractivity contribution in [3.8, 4) is 0 Å². The highest BCUT2D eigenvalue weighted by atomic mass is 16.5. The van der Waals surface area contributed by atoms with Gasteiger partial charge in [0.2, 0.25) is 0 Å². The SMILES string of the molecule is CCc1ccc(C(N)CN(C)CCCOC)cc1. The Morgan fingerprint density at radius 3 is 2.50 bits per heavy atom. The Hall–Kier alpha value is -0.900. The average molecular weight is 250 g/mol. The average Bonchev–Trinajstić information content (AvgIpc) is 2.39. The van der Waals surface area contributed by atoms with Gasteiger partial charge in [-0.2, -0.15) is 0 Å². The zero-order valence-electron chi connectivity index (χ0n) is 11.9. The van der Waals surface area contributed by atoms with Gasteiger partial charge in [0.25, 0.3) is 0 Å². The molecule has 0 heterocycles. The maximum absolute atomic E-state index is 6.22. The minimum Gasteiger partial charge on any atom is -0.385 e. The number of benzene rings is 1. The molecular weight excluding hydrogens is 224 g/mol. The summed E-state index contributed by atoms with van der Waals surface area (Å²) in [5.41, 5.74) is 8.79. The number of rotatable bonds is 8. The van der Waals surface area contributed by atoms with Crippen molar-refractivity contribution in [2.45, 2.75) is 25.8 Å². The van der Waals surface area contributed by atoms with Crippen LogP contribution in [0.15, 0.2) is 24.3 Å². The van der Waals surface area contributed by atoms with Crippen LogP contribution in [-0.2, 0) is 11.2 Å². The molecule has 0 fully saturated rings. The number of nitrogens with zero attached hydrogens (tertiary/aromatic N) is 1. The van der Waals surface area contributed by atoms with Crippen LogP contribution in [-0.4, -0.2) is 38.8 Å². The Morgan fingerprint density at radius 1 is 1.28 bits per heavy atom. The summed E-state index contributed by atoms with van der Waals surface area (Å²) in [6.45, 7) is 4.88. The van der Waals surface area contributed by atoms with Crippen molar-refractivity contribution in [1.82, 2.24) is 4.90 Å². The smallest absolute Gasteiger partial charge is 0.0474 e. The van der Waals surface area contributed by atoms with E-state index in [2.05, 4.69) is 43.1 Å². The molecule has 0 radical (unpaired) electrons. The third-order valence-corrected chi connectivity index (χ3v) is 3.21. The Balaban J connectivity index is 2.40. The van der Waals surface area contributed by atoms with Gasteiger partial charge in [-0.1, -0.05) is 31.2 Å². The molecule has 0 spiro atoms. The minimum atomic E-state index is 0.0865. The van der Waals surface area contributed by atoms with Crippen molar-refractivity contribution in [1.29, 1.82) is 0 Å². The molecule has 3 nitrogen and oxygen atoms in total. The van der Waals surface area contributed by atoms with Crippen molar-refractivity contribution in [3.05, 3.63) is 35.4 Å². The monoisotopic (exact) mass is 250 g/mol. The fourth-order valence-corrected chi connectivity index (χ4v) is 2.01. The van der Waals surface area contributed by atoms with Gasteiger partial charge in [0.15, 0.2) is 0 Å². The minimum absolute atomic E-state index is 0.0865. The predicted molar refractivity (Wildman–Crippen MR) is 76.7 cm³/mol. The second-order valence-corrected chi connectivity index (χ2v) is 4.81. The lowest BCUT2D eigenvalue weighted by Crippen LogP contribution is -2.30. The van der Waals surface area contributed by atoms with Crippen molar-refractivity contribution < 1.29 is 4.74 Å². The summed E-state index contributed by atoms with van der Waals surface area (Å²) >= 11 is 0. The molecule has 1 atom stereocenters. The molecule has 0 saturated heterocycles. The van der Waals surface area contributed by atoms with Gasteiger partial charge in [0, 0.05) is 32.8 Å². The number of likely N-dealkylation sites (N-methyl/N-ethyl adjacent to an activating group) is 1. The van der Waals surface area contributed by atoms with Crippen LogP contribution in [0, 0.1) is 0 Å². The van der Waals surface area contributed by atoms with E-state index in [0.717, 1.165) is 32.5 Å². The van der Waals surface area contributed by atoms with Gasteiger partial charge in [-0.05, 0) is 31.0 Å². The lowest BCUT2D eigenvalue weighted by molar-refractivity contribution is 0.177. The fraction of sp³-hybridized carbons (Fsp3) is 0.600. The van der Waals surface area contributed by atoms with Gasteiger partial charge in [0.05, 0.1) is 0 Å². The van der Waals surface area contributed by atoms with Gasteiger partial charge in [-0.25, -0.2) is 0 Å². The van der Waals surface area contributed by atoms with Crippen molar-refractivity contribution >= 4 is 0 Å². The summed E-state index contributed by atoms with van der Waals surface area (Å²) in [5, 5.41) is 0. The Kier molecular flexibility index (Phi) is 6.94. The first kappa shape index (κ1) is 15.2. The van der Waals surface area contributed by atoms with Crippen LogP contribution in [0.5, 0.6) is 0 Å². The number of methoxy groups -OCH3 is 1. The molecule has 2 N–H and O–H groups in total. The summed E-state index contributed by atoms with van der Waals surface area (Å²) in [7, 11) is 3.84. The lowest BCUT2D eigenvalue weighted by Gasteiger charge is -2.21. The van der Waals surface area contributed by atoms with E-state index < -0.39 is 0 Å². The molecule has 0 saturated carbocycles. The highest BCUT2D eigenvalue weighted by Gasteiger charge is 2.08. The lowest BCUT2D eigenvalue weighted by atomic mass is 10.0. The Bertz CT molecular complexity index is 324. The van der Waals surface area contributed by atoms with E-state index in [1.54, 1.807) is 7.11 Å². The molecule has 0 aliphatic carbocycles. The molecule has 1 aromatic carbocycles. The first-order chi connectivity index (χ1) is 8.67. The molecule has 0 aliphatic rings. The summed E-state index contributed by atoms with van der Waals surface area (Å²) in [5.74, 6) is 0. The Labute approximate surface area is 111 Å². The molecule has 18 heavy (non-hydrogen) atoms. The third kappa shape index (κ3) is 5.17. The fourth-order valence-electron chi connectivity index (χ4n) is 2.01. The van der Waals surface area contributed by atoms with Crippen LogP contribution < -0.4 is 5.73 Å². The predicted octanol–water partition coefficient (Wildman–Crippen LogP) is 2.22. The first-order valence-corrected chi connectivity index (χ1v) is 6.69. The standard InChI is InChI=1S/C15H26N2O/c1-4-13-6-8-14(9-7-13)15(16)12-17(2)10-5-11-18-3/h6-9,15H,4-5,10-12,16H2,1-3H3. The molecule has 1 rings (SSSR count). The molecule has 0 amide bonds. The van der Waals surface area contributed by atoms with E-state index in [0.29, 0.717) is 0 Å². The maximum Gasteiger partial charge on any atom is 0.0474 e. The molecule has 1 unspecified atom stereocenters. The van der Waals surface area contributed by atoms with Crippen LogP contribution >= 0.6 is 0 Å². The maximum atomic E-state index is 6.22. The molecule has 0 aromatic heterocycles. The summed E-state index contributed by atoms with van der Waals surface area (Å²) in [4.78, 5) is 2.26. The van der Waals surface area contributed by atoms with Gasteiger partial charge in [-0.3, -0.25) is 0 Å². The number of ether oxygens (including phenoxy) is 1. The Morgan fingerprint density at radius 2 is 1.94 bits per heavy atom. The molecule has 1 aromatic rings. The van der Waals surface area contributed by atoms with Crippen LogP contribution in [0.3, 0.4) is 0 Å². The number of hydrogen-bond acceptors (Lipinski definition) is 3. The molecule has 0 aliphatic heterocycles. The van der Waals surface area contributed by atoms with Crippen LogP contribution in [0.2, 0.25) is 0 Å². The first-order valence-electron chi connectivity index (χ1n) is 6.69. The summed E-state index contributed by atoms with van der Waals surface area (Å²) < 4.78 is 5.05. The second-order valence-electron chi connectivity index (χ2n) is 4.81. The normalized spacial score (nSPS) is 12.9. The quantitative estimate of drug-likeness (QED) is 0.719. The highest BCUT2D eigenvalue weighted by molar-refractivity contribution is 5.25. The third-order valence-electron chi connectivity index (χ3n) is 3.21. The van der Waals surface area contributed by atoms with E-state index in [4.69, 9.17) is 10.5 Å². The van der Waals surface area contributed by atoms with Gasteiger partial charge in [0.1, 0.15) is 0 Å². The largest absolute Gasteiger partial charge is 0.385 e. The zero-order valence-corrected chi connectivity index (χ0v) is 11.9. The van der Waals surface area contributed by atoms with Gasteiger partial charge in [-0.15, -0.1) is 0 Å². The van der Waals surface area contributed by atoms with Crippen molar-refractivity contribution in [3.63, 3.8) is 0 Å². The molecule has 102 valence electrons. The molecule has 3 heteroatoms. The topological polar surface area (TPSA) is 38.5 Å². The number of aryl methyl sites for hydroxylation is 1. The van der Waals surface area contributed by atoms with Crippen LogP contribution in [0.1, 0.15) is 30.5 Å². The van der Waals surface area contributed by atoms with E-state index in [9.17, 15) is 0 Å². The van der Waals surface area contributed by atoms with Crippen molar-refractivity contribution in [2.24, 2.45) is 5.73 Å². The van der Waals surface area contributed by atoms with E-state index >= 15 is 0 Å². The van der Waals surface area contributed by atoms with Crippen LogP contribution in [0.4, 0.5) is 0 Å². The van der Waals surface area contributed by atoms with Gasteiger partial charge < -0.3 is 15.4 Å². The van der Waals surface area contributed by atoms with E-state index in [1.807, 2.05) is 0 Å². The van der Waals surface area contributed by atoms with Gasteiger partial charge >= 0.3 is 0 Å². The summed E-state index contributed by atoms with van der Waals surface area (Å²) in [6.07, 6.45) is 2.13. The molecular formula is C15H26N2O. The highest BCUT2D eigenvalue weighted by Crippen LogP contribution is 2.13. The van der Waals surface area contributed by atoms with Crippen LogP contribution in [0.25, 0.3) is 0 Å². The van der Waals surface area contributed by atoms with Crippen molar-refractivity contribution in [2.75, 3.05) is 33.9 Å². The zero-order chi connectivity index (χ0) is 13.4. The van der Waals surface area contributed by atoms with E-state index in [-0.39, 0.29) is 6.04 Å². The molecule has 0 bridgehead atoms. The summed E-state index contributed by atoms with van der Waals surface area (Å²) in [6, 6.07) is 8.71.